The summed E-state index contributed by atoms with van der Waals surface area (Å²) in [4.78, 5) is 15.5. The Bertz CT molecular complexity index is 824. The molecule has 1 fully saturated rings. The third-order valence-electron chi connectivity index (χ3n) is 7.69. The van der Waals surface area contributed by atoms with E-state index in [2.05, 4.69) is 17.6 Å². The number of amides is 1. The summed E-state index contributed by atoms with van der Waals surface area (Å²) in [6, 6.07) is 0. The van der Waals surface area contributed by atoms with E-state index in [1.54, 1.807) is 0 Å². The molecule has 1 aromatic rings. The van der Waals surface area contributed by atoms with Crippen molar-refractivity contribution < 1.29 is 14.6 Å². The lowest BCUT2D eigenvalue weighted by Crippen LogP contribution is -2.54. The highest BCUT2D eigenvalue weighted by Crippen LogP contribution is 2.43. The monoisotopic (exact) mass is 495 g/mol. The molecule has 2 heterocycles. The number of fused-ring (bicyclic) bond motifs is 1. The summed E-state index contributed by atoms with van der Waals surface area (Å²) in [5.41, 5.74) is 2.89. The molecule has 0 bridgehead atoms. The van der Waals surface area contributed by atoms with Crippen molar-refractivity contribution in [2.45, 2.75) is 85.2 Å². The van der Waals surface area contributed by atoms with Crippen molar-refractivity contribution in [3.63, 3.8) is 0 Å². The number of hydrogen-bond acceptors (Lipinski definition) is 5. The maximum absolute atomic E-state index is 13.5. The van der Waals surface area contributed by atoms with Crippen LogP contribution in [0.25, 0.3) is 0 Å². The predicted molar refractivity (Wildman–Crippen MR) is 141 cm³/mol. The van der Waals surface area contributed by atoms with Gasteiger partial charge < -0.3 is 25.4 Å². The molecule has 1 unspecified atom stereocenters. The van der Waals surface area contributed by atoms with E-state index in [0.717, 1.165) is 86.5 Å². The number of likely N-dealkylation sites (tertiary alicyclic amines) is 1. The minimum atomic E-state index is -0.829. The summed E-state index contributed by atoms with van der Waals surface area (Å²) in [7, 11) is 0. The summed E-state index contributed by atoms with van der Waals surface area (Å²) < 4.78 is 6.42. The highest BCUT2D eigenvalue weighted by Gasteiger charge is 2.43. The maximum atomic E-state index is 13.5. The van der Waals surface area contributed by atoms with E-state index < -0.39 is 5.60 Å². The number of piperidine rings is 1. The Labute approximate surface area is 212 Å². The Morgan fingerprint density at radius 2 is 1.71 bits per heavy atom. The van der Waals surface area contributed by atoms with Crippen molar-refractivity contribution in [1.82, 2.24) is 15.5 Å². The first-order valence-electron chi connectivity index (χ1n) is 13.0. The van der Waals surface area contributed by atoms with Crippen LogP contribution in [0.1, 0.15) is 74.6 Å². The van der Waals surface area contributed by atoms with Crippen LogP contribution in [0, 0.1) is 26.7 Å². The van der Waals surface area contributed by atoms with E-state index in [0.29, 0.717) is 18.1 Å². The topological polar surface area (TPSA) is 73.8 Å². The quantitative estimate of drug-likeness (QED) is 0.419. The number of ether oxygens (including phenoxy) is 1. The van der Waals surface area contributed by atoms with Crippen LogP contribution in [0.4, 0.5) is 0 Å². The van der Waals surface area contributed by atoms with Gasteiger partial charge in [0.1, 0.15) is 11.5 Å². The van der Waals surface area contributed by atoms with Crippen LogP contribution in [-0.2, 0) is 11.2 Å². The average molecular weight is 496 g/mol. The zero-order chi connectivity index (χ0) is 24.0. The third-order valence-corrected chi connectivity index (χ3v) is 7.69. The molecule has 0 radical (unpaired) electrons. The van der Waals surface area contributed by atoms with Gasteiger partial charge in [0.25, 0.3) is 5.91 Å². The lowest BCUT2D eigenvalue weighted by atomic mass is 9.86. The van der Waals surface area contributed by atoms with Crippen LogP contribution in [0.3, 0.4) is 0 Å². The molecular weight excluding hydrogens is 450 g/mol. The largest absolute Gasteiger partial charge is 0.507 e. The standard InChI is InChI=1S/C27H45N3O3.ClH/c1-6-13-28-14-7-8-15-29-18-22-10-16-30(17-11-22)26(32)27(5)12-9-23-21(4)24(31)19(2)20(3)25(23)33-27;/h22,28-29,31H,6-18H2,1-5H3;1H. The van der Waals surface area contributed by atoms with E-state index >= 15 is 0 Å². The number of phenolic OH excluding ortho intramolecular Hbond substituents is 1. The second-order valence-electron chi connectivity index (χ2n) is 10.3. The van der Waals surface area contributed by atoms with Crippen LogP contribution in [0.5, 0.6) is 11.5 Å². The molecule has 6 nitrogen and oxygen atoms in total. The summed E-state index contributed by atoms with van der Waals surface area (Å²) in [6.45, 7) is 15.9. The minimum Gasteiger partial charge on any atom is -0.507 e. The van der Waals surface area contributed by atoms with Crippen molar-refractivity contribution in [1.29, 1.82) is 0 Å². The second-order valence-corrected chi connectivity index (χ2v) is 10.3. The van der Waals surface area contributed by atoms with Gasteiger partial charge in [-0.1, -0.05) is 6.92 Å². The smallest absolute Gasteiger partial charge is 0.266 e. The van der Waals surface area contributed by atoms with Gasteiger partial charge in [0, 0.05) is 25.1 Å². The van der Waals surface area contributed by atoms with Gasteiger partial charge in [-0.25, -0.2) is 0 Å². The zero-order valence-electron chi connectivity index (χ0n) is 21.9. The Kier molecular flexibility index (Phi) is 11.0. The number of halogens is 1. The highest BCUT2D eigenvalue weighted by atomic mass is 35.5. The number of unbranched alkanes of at least 4 members (excludes halogenated alkanes) is 1. The molecule has 1 saturated heterocycles. The van der Waals surface area contributed by atoms with Gasteiger partial charge >= 0.3 is 0 Å². The van der Waals surface area contributed by atoms with Crippen molar-refractivity contribution >= 4 is 18.3 Å². The van der Waals surface area contributed by atoms with E-state index in [4.69, 9.17) is 4.74 Å². The normalized spacial score (nSPS) is 20.4. The lowest BCUT2D eigenvalue weighted by Gasteiger charge is -2.41. The molecule has 0 saturated carbocycles. The van der Waals surface area contributed by atoms with E-state index in [9.17, 15) is 9.90 Å². The number of aromatic hydroxyl groups is 1. The first-order valence-corrected chi connectivity index (χ1v) is 13.0. The SMILES string of the molecule is CCCNCCCCNCC1CCN(C(=O)C2(C)CCc3c(C)c(O)c(C)c(C)c3O2)CC1.Cl. The molecule has 3 N–H and O–H groups in total. The Morgan fingerprint density at radius 3 is 2.35 bits per heavy atom. The van der Waals surface area contributed by atoms with Gasteiger partial charge in [0.15, 0.2) is 5.60 Å². The van der Waals surface area contributed by atoms with Crippen molar-refractivity contribution in [2.24, 2.45) is 5.92 Å². The zero-order valence-corrected chi connectivity index (χ0v) is 22.7. The fourth-order valence-electron chi connectivity index (χ4n) is 5.18. The molecule has 0 aliphatic carbocycles. The molecule has 7 heteroatoms. The van der Waals surface area contributed by atoms with Crippen LogP contribution in [0.2, 0.25) is 0 Å². The number of phenols is 1. The number of nitrogens with one attached hydrogen (secondary N) is 2. The third kappa shape index (κ3) is 6.58. The second kappa shape index (κ2) is 13.0. The summed E-state index contributed by atoms with van der Waals surface area (Å²) in [6.07, 6.45) is 7.13. The first kappa shape index (κ1) is 28.7. The Hall–Kier alpha value is -1.50. The van der Waals surface area contributed by atoms with Crippen LogP contribution in [0.15, 0.2) is 0 Å². The molecule has 1 aromatic carbocycles. The number of carbonyl (C=O) groups excluding carboxylic acids is 1. The van der Waals surface area contributed by atoms with E-state index in [-0.39, 0.29) is 18.3 Å². The van der Waals surface area contributed by atoms with Gasteiger partial charge in [-0.3, -0.25) is 4.79 Å². The number of carbonyl (C=O) groups is 1. The van der Waals surface area contributed by atoms with Crippen molar-refractivity contribution in [2.75, 3.05) is 39.3 Å². The highest BCUT2D eigenvalue weighted by molar-refractivity contribution is 5.86. The van der Waals surface area contributed by atoms with Gasteiger partial charge in [-0.15, -0.1) is 12.4 Å². The van der Waals surface area contributed by atoms with Gasteiger partial charge in [-0.2, -0.15) is 0 Å². The van der Waals surface area contributed by atoms with Crippen LogP contribution < -0.4 is 15.4 Å². The van der Waals surface area contributed by atoms with E-state index in [1.165, 1.54) is 19.3 Å². The van der Waals surface area contributed by atoms with Crippen molar-refractivity contribution in [3.05, 3.63) is 22.3 Å². The number of benzene rings is 1. The van der Waals surface area contributed by atoms with Gasteiger partial charge in [-0.05, 0) is 115 Å². The van der Waals surface area contributed by atoms with Crippen LogP contribution in [-0.4, -0.2) is 60.8 Å². The molecule has 2 aliphatic heterocycles. The molecule has 1 amide bonds. The lowest BCUT2D eigenvalue weighted by molar-refractivity contribution is -0.149. The molecule has 1 atom stereocenters. The van der Waals surface area contributed by atoms with E-state index in [1.807, 2.05) is 32.6 Å². The summed E-state index contributed by atoms with van der Waals surface area (Å²) in [5.74, 6) is 1.91. The predicted octanol–water partition coefficient (Wildman–Crippen LogP) is 4.43. The molecular formula is C27H46ClN3O3. The molecule has 34 heavy (non-hydrogen) atoms. The van der Waals surface area contributed by atoms with Crippen molar-refractivity contribution in [3.8, 4) is 11.5 Å². The minimum absolute atomic E-state index is 0. The Balaban J connectivity index is 0.00000408. The fourth-order valence-corrected chi connectivity index (χ4v) is 5.18. The summed E-state index contributed by atoms with van der Waals surface area (Å²) in [5, 5.41) is 17.5. The number of rotatable bonds is 10. The maximum Gasteiger partial charge on any atom is 0.266 e. The van der Waals surface area contributed by atoms with Gasteiger partial charge in [0.2, 0.25) is 0 Å². The molecule has 0 aromatic heterocycles. The average Bonchev–Trinajstić information content (AvgIpc) is 2.83. The van der Waals surface area contributed by atoms with Crippen LogP contribution >= 0.6 is 12.4 Å². The Morgan fingerprint density at radius 1 is 1.06 bits per heavy atom. The first-order chi connectivity index (χ1) is 15.8. The fraction of sp³-hybridized carbons (Fsp3) is 0.741. The number of hydrogen-bond donors (Lipinski definition) is 3. The molecule has 3 rings (SSSR count). The molecule has 194 valence electrons. The molecule has 2 aliphatic rings. The molecule has 0 spiro atoms. The van der Waals surface area contributed by atoms with Gasteiger partial charge in [0.05, 0.1) is 0 Å². The summed E-state index contributed by atoms with van der Waals surface area (Å²) >= 11 is 0. The number of nitrogens with zero attached hydrogens (tertiary/aromatic N) is 1.